The number of aromatic nitrogens is 6. The highest BCUT2D eigenvalue weighted by Crippen LogP contribution is 2.38. The lowest BCUT2D eigenvalue weighted by Gasteiger charge is -2.09. The fourth-order valence-corrected chi connectivity index (χ4v) is 7.64. The number of pyridine rings is 2. The largest absolute Gasteiger partial charge is 0.419 e. The van der Waals surface area contributed by atoms with Crippen molar-refractivity contribution in [1.29, 1.82) is 0 Å². The fraction of sp³-hybridized carbons (Fsp3) is 0. The standard InChI is InChI=1S/C44H26N6O/c1-3-9-31(10-4-1)49-38-14-8-7-13-33(38)34-17-15-27(21-39(34)49)29-19-36-37-20-30(24-47-44(37)51-43(36)46-23-29)28-16-18-35-40(22-28)50(32-11-5-2-6-12-32)41-25-45-26-48-42(35)41/h1-26H. The smallest absolute Gasteiger partial charge is 0.229 e. The van der Waals surface area contributed by atoms with Crippen molar-refractivity contribution in [2.45, 2.75) is 0 Å². The van der Waals surface area contributed by atoms with E-state index in [-0.39, 0.29) is 0 Å². The maximum atomic E-state index is 6.16. The number of para-hydroxylation sites is 3. The molecule has 0 fully saturated rings. The first-order chi connectivity index (χ1) is 25.3. The molecule has 7 nitrogen and oxygen atoms in total. The Morgan fingerprint density at radius 2 is 0.941 bits per heavy atom. The molecule has 238 valence electrons. The SMILES string of the molecule is c1ccc(-n2c3ccccc3c3ccc(-c4cnc5oc6ncc(-c7ccc8c9ncncc9n(-c9ccccc9)c8c7)cc6c5c4)cc32)cc1. The van der Waals surface area contributed by atoms with Crippen LogP contribution >= 0.6 is 0 Å². The summed E-state index contributed by atoms with van der Waals surface area (Å²) in [6.45, 7) is 0. The van der Waals surface area contributed by atoms with Crippen LogP contribution < -0.4 is 0 Å². The summed E-state index contributed by atoms with van der Waals surface area (Å²) in [5.74, 6) is 0. The van der Waals surface area contributed by atoms with Gasteiger partial charge in [0.15, 0.2) is 0 Å². The van der Waals surface area contributed by atoms with Gasteiger partial charge in [-0.1, -0.05) is 72.8 Å². The summed E-state index contributed by atoms with van der Waals surface area (Å²) < 4.78 is 10.7. The van der Waals surface area contributed by atoms with E-state index >= 15 is 0 Å². The second-order valence-electron chi connectivity index (χ2n) is 12.8. The van der Waals surface area contributed by atoms with Crippen molar-refractivity contribution in [3.63, 3.8) is 0 Å². The molecule has 6 heterocycles. The van der Waals surface area contributed by atoms with E-state index < -0.39 is 0 Å². The van der Waals surface area contributed by atoms with Crippen molar-refractivity contribution < 1.29 is 4.42 Å². The molecule has 7 heteroatoms. The average molecular weight is 655 g/mol. The third kappa shape index (κ3) is 4.18. The molecule has 0 spiro atoms. The lowest BCUT2D eigenvalue weighted by molar-refractivity contribution is 0.640. The number of hydrogen-bond acceptors (Lipinski definition) is 5. The normalized spacial score (nSPS) is 11.9. The monoisotopic (exact) mass is 654 g/mol. The van der Waals surface area contributed by atoms with Crippen LogP contribution in [0, 0.1) is 0 Å². The molecule has 5 aromatic carbocycles. The Kier molecular flexibility index (Phi) is 5.83. The molecule has 0 atom stereocenters. The average Bonchev–Trinajstić information content (AvgIpc) is 3.85. The van der Waals surface area contributed by atoms with Crippen molar-refractivity contribution in [2.75, 3.05) is 0 Å². The molecule has 0 saturated carbocycles. The second-order valence-corrected chi connectivity index (χ2v) is 12.8. The van der Waals surface area contributed by atoms with Gasteiger partial charge in [0.05, 0.1) is 44.6 Å². The second kappa shape index (κ2) is 10.7. The van der Waals surface area contributed by atoms with Gasteiger partial charge in [-0.15, -0.1) is 0 Å². The van der Waals surface area contributed by atoms with E-state index in [4.69, 9.17) is 14.4 Å². The van der Waals surface area contributed by atoms with Gasteiger partial charge in [0, 0.05) is 51.1 Å². The van der Waals surface area contributed by atoms with Gasteiger partial charge in [-0.25, -0.2) is 19.9 Å². The Hall–Kier alpha value is -7.12. The van der Waals surface area contributed by atoms with Crippen LogP contribution in [0.1, 0.15) is 0 Å². The Morgan fingerprint density at radius 3 is 1.61 bits per heavy atom. The van der Waals surface area contributed by atoms with Crippen molar-refractivity contribution in [2.24, 2.45) is 0 Å². The van der Waals surface area contributed by atoms with Crippen LogP contribution in [-0.2, 0) is 0 Å². The van der Waals surface area contributed by atoms with E-state index in [0.29, 0.717) is 11.4 Å². The molecule has 11 aromatic rings. The van der Waals surface area contributed by atoms with Gasteiger partial charge >= 0.3 is 0 Å². The first kappa shape index (κ1) is 27.8. The van der Waals surface area contributed by atoms with Crippen molar-refractivity contribution in [3.05, 3.63) is 158 Å². The quantitative estimate of drug-likeness (QED) is 0.189. The summed E-state index contributed by atoms with van der Waals surface area (Å²) in [6.07, 6.45) is 7.25. The van der Waals surface area contributed by atoms with Gasteiger partial charge in [-0.3, -0.25) is 0 Å². The number of nitrogens with zero attached hydrogens (tertiary/aromatic N) is 6. The zero-order chi connectivity index (χ0) is 33.5. The number of fused-ring (bicyclic) bond motifs is 9. The minimum atomic E-state index is 0.563. The van der Waals surface area contributed by atoms with Gasteiger partial charge in [-0.05, 0) is 71.8 Å². The molecular formula is C44H26N6O. The highest BCUT2D eigenvalue weighted by molar-refractivity contribution is 6.11. The molecule has 0 aliphatic heterocycles. The van der Waals surface area contributed by atoms with Crippen molar-refractivity contribution in [1.82, 2.24) is 29.1 Å². The van der Waals surface area contributed by atoms with Gasteiger partial charge in [0.1, 0.15) is 6.33 Å². The third-order valence-electron chi connectivity index (χ3n) is 9.98. The summed E-state index contributed by atoms with van der Waals surface area (Å²) >= 11 is 0. The summed E-state index contributed by atoms with van der Waals surface area (Å²) in [5, 5.41) is 5.36. The Balaban J connectivity index is 1.07. The lowest BCUT2D eigenvalue weighted by atomic mass is 10.0. The van der Waals surface area contributed by atoms with Crippen LogP contribution in [-0.4, -0.2) is 29.1 Å². The molecule has 0 aliphatic carbocycles. The summed E-state index contributed by atoms with van der Waals surface area (Å²) in [5.41, 5.74) is 12.7. The van der Waals surface area contributed by atoms with Gasteiger partial charge < -0.3 is 13.6 Å². The van der Waals surface area contributed by atoms with Crippen molar-refractivity contribution >= 4 is 65.9 Å². The first-order valence-electron chi connectivity index (χ1n) is 16.9. The third-order valence-corrected chi connectivity index (χ3v) is 9.98. The van der Waals surface area contributed by atoms with Crippen LogP contribution in [0.15, 0.2) is 163 Å². The van der Waals surface area contributed by atoms with Crippen LogP contribution in [0.3, 0.4) is 0 Å². The number of furan rings is 1. The van der Waals surface area contributed by atoms with E-state index in [1.54, 1.807) is 6.33 Å². The highest BCUT2D eigenvalue weighted by atomic mass is 16.3. The molecule has 0 amide bonds. The Labute approximate surface area is 290 Å². The summed E-state index contributed by atoms with van der Waals surface area (Å²) in [7, 11) is 0. The molecule has 0 radical (unpaired) electrons. The van der Waals surface area contributed by atoms with Gasteiger partial charge in [-0.2, -0.15) is 0 Å². The van der Waals surface area contributed by atoms with Crippen molar-refractivity contribution in [3.8, 4) is 33.6 Å². The first-order valence-corrected chi connectivity index (χ1v) is 16.9. The Morgan fingerprint density at radius 1 is 0.392 bits per heavy atom. The maximum Gasteiger partial charge on any atom is 0.229 e. The van der Waals surface area contributed by atoms with E-state index in [1.807, 2.05) is 36.8 Å². The zero-order valence-electron chi connectivity index (χ0n) is 27.1. The minimum Gasteiger partial charge on any atom is -0.419 e. The molecule has 11 rings (SSSR count). The molecule has 51 heavy (non-hydrogen) atoms. The Bertz CT molecular complexity index is 2930. The van der Waals surface area contributed by atoms with Crippen LogP contribution in [0.5, 0.6) is 0 Å². The number of hydrogen-bond donors (Lipinski definition) is 0. The number of benzene rings is 5. The van der Waals surface area contributed by atoms with E-state index in [9.17, 15) is 0 Å². The predicted octanol–water partition coefficient (Wildman–Crippen LogP) is 10.7. The molecule has 0 bridgehead atoms. The fourth-order valence-electron chi connectivity index (χ4n) is 7.64. The van der Waals surface area contributed by atoms with Crippen LogP contribution in [0.2, 0.25) is 0 Å². The van der Waals surface area contributed by atoms with E-state index in [1.165, 1.54) is 16.3 Å². The lowest BCUT2D eigenvalue weighted by Crippen LogP contribution is -1.94. The zero-order valence-corrected chi connectivity index (χ0v) is 27.1. The van der Waals surface area contributed by atoms with E-state index in [2.05, 4.69) is 134 Å². The van der Waals surface area contributed by atoms with E-state index in [0.717, 1.165) is 71.9 Å². The highest BCUT2D eigenvalue weighted by Gasteiger charge is 2.18. The molecule has 0 unspecified atom stereocenters. The van der Waals surface area contributed by atoms with Gasteiger partial charge in [0.25, 0.3) is 0 Å². The van der Waals surface area contributed by atoms with Crippen LogP contribution in [0.4, 0.5) is 0 Å². The molecule has 6 aromatic heterocycles. The molecule has 0 saturated heterocycles. The number of rotatable bonds is 4. The molecular weight excluding hydrogens is 629 g/mol. The topological polar surface area (TPSA) is 74.6 Å². The predicted molar refractivity (Wildman–Crippen MR) is 204 cm³/mol. The van der Waals surface area contributed by atoms with Gasteiger partial charge in [0.2, 0.25) is 11.4 Å². The molecule has 0 N–H and O–H groups in total. The summed E-state index contributed by atoms with van der Waals surface area (Å²) in [4.78, 5) is 18.5. The minimum absolute atomic E-state index is 0.563. The molecule has 0 aliphatic rings. The van der Waals surface area contributed by atoms with Crippen LogP contribution in [0.25, 0.3) is 99.6 Å². The summed E-state index contributed by atoms with van der Waals surface area (Å²) in [6, 6.07) is 46.9. The maximum absolute atomic E-state index is 6.16.